The quantitative estimate of drug-likeness (QED) is 0.203. The van der Waals surface area contributed by atoms with Crippen molar-refractivity contribution < 1.29 is 8.83 Å². The SMILES string of the molecule is CCN(CCBr)c1ccc2c(C)cc(=O)oc2c1.Cc1cc(=O)oc2cc(NCCBr)ccc12. The number of hydrogen-bond acceptors (Lipinski definition) is 6. The van der Waals surface area contributed by atoms with Crippen LogP contribution in [0.3, 0.4) is 0 Å². The third-order valence-corrected chi connectivity index (χ3v) is 6.16. The molecular formula is C26H28Br2N2O4. The summed E-state index contributed by atoms with van der Waals surface area (Å²) >= 11 is 6.79. The average Bonchev–Trinajstić information content (AvgIpc) is 2.80. The molecule has 4 aromatic rings. The topological polar surface area (TPSA) is 75.7 Å². The molecule has 0 radical (unpaired) electrons. The fourth-order valence-electron chi connectivity index (χ4n) is 3.71. The van der Waals surface area contributed by atoms with Crippen molar-refractivity contribution in [2.45, 2.75) is 20.8 Å². The minimum absolute atomic E-state index is 0.291. The molecule has 0 spiro atoms. The molecule has 0 amide bonds. The maximum absolute atomic E-state index is 11.4. The van der Waals surface area contributed by atoms with Gasteiger partial charge in [-0.2, -0.15) is 0 Å². The van der Waals surface area contributed by atoms with Crippen molar-refractivity contribution in [3.63, 3.8) is 0 Å². The molecule has 0 aliphatic heterocycles. The van der Waals surface area contributed by atoms with Crippen LogP contribution >= 0.6 is 31.9 Å². The van der Waals surface area contributed by atoms with E-state index in [1.807, 2.05) is 44.2 Å². The minimum atomic E-state index is -0.303. The summed E-state index contributed by atoms with van der Waals surface area (Å²) in [4.78, 5) is 24.9. The molecule has 0 atom stereocenters. The molecule has 0 aliphatic carbocycles. The van der Waals surface area contributed by atoms with Crippen LogP contribution in [0.5, 0.6) is 0 Å². The number of nitrogens with zero attached hydrogens (tertiary/aromatic N) is 1. The zero-order chi connectivity index (χ0) is 24.7. The molecule has 180 valence electrons. The summed E-state index contributed by atoms with van der Waals surface area (Å²) in [5.74, 6) is 0. The highest BCUT2D eigenvalue weighted by atomic mass is 79.9. The van der Waals surface area contributed by atoms with Crippen molar-refractivity contribution in [3.05, 3.63) is 80.5 Å². The van der Waals surface area contributed by atoms with Crippen LogP contribution in [0.4, 0.5) is 11.4 Å². The van der Waals surface area contributed by atoms with E-state index in [4.69, 9.17) is 8.83 Å². The van der Waals surface area contributed by atoms with Crippen molar-refractivity contribution in [2.24, 2.45) is 0 Å². The second kappa shape index (κ2) is 12.2. The molecule has 2 aromatic carbocycles. The predicted molar refractivity (Wildman–Crippen MR) is 148 cm³/mol. The third kappa shape index (κ3) is 6.51. The van der Waals surface area contributed by atoms with Crippen molar-refractivity contribution in [2.75, 3.05) is 40.5 Å². The Morgan fingerprint density at radius 2 is 1.41 bits per heavy atom. The van der Waals surface area contributed by atoms with Crippen LogP contribution in [0.15, 0.2) is 67.0 Å². The normalized spacial score (nSPS) is 10.7. The molecule has 0 saturated carbocycles. The van der Waals surface area contributed by atoms with Crippen molar-refractivity contribution in [1.82, 2.24) is 0 Å². The summed E-state index contributed by atoms with van der Waals surface area (Å²) in [6.45, 7) is 8.63. The molecule has 34 heavy (non-hydrogen) atoms. The van der Waals surface area contributed by atoms with Crippen LogP contribution in [0.25, 0.3) is 21.9 Å². The van der Waals surface area contributed by atoms with E-state index >= 15 is 0 Å². The first kappa shape index (κ1) is 26.0. The van der Waals surface area contributed by atoms with Gasteiger partial charge in [0, 0.05) is 76.7 Å². The van der Waals surface area contributed by atoms with Crippen LogP contribution in [0, 0.1) is 13.8 Å². The summed E-state index contributed by atoms with van der Waals surface area (Å²) in [5, 5.41) is 6.98. The van der Waals surface area contributed by atoms with Gasteiger partial charge in [-0.25, -0.2) is 9.59 Å². The lowest BCUT2D eigenvalue weighted by atomic mass is 10.1. The molecule has 2 aromatic heterocycles. The molecule has 4 rings (SSSR count). The molecule has 0 saturated heterocycles. The van der Waals surface area contributed by atoms with E-state index in [-0.39, 0.29) is 11.3 Å². The van der Waals surface area contributed by atoms with Gasteiger partial charge in [0.05, 0.1) is 0 Å². The zero-order valence-corrected chi connectivity index (χ0v) is 22.7. The maximum atomic E-state index is 11.4. The number of halogens is 2. The van der Waals surface area contributed by atoms with Crippen LogP contribution in [0.2, 0.25) is 0 Å². The van der Waals surface area contributed by atoms with E-state index in [0.29, 0.717) is 11.2 Å². The highest BCUT2D eigenvalue weighted by Crippen LogP contribution is 2.23. The van der Waals surface area contributed by atoms with Crippen molar-refractivity contribution in [3.8, 4) is 0 Å². The summed E-state index contributed by atoms with van der Waals surface area (Å²) in [6.07, 6.45) is 0. The maximum Gasteiger partial charge on any atom is 0.336 e. The fraction of sp³-hybridized carbons (Fsp3) is 0.308. The smallest absolute Gasteiger partial charge is 0.336 e. The summed E-state index contributed by atoms with van der Waals surface area (Å²) in [6, 6.07) is 14.9. The lowest BCUT2D eigenvalue weighted by Crippen LogP contribution is -2.24. The number of anilines is 2. The number of benzene rings is 2. The average molecular weight is 592 g/mol. The van der Waals surface area contributed by atoms with E-state index in [9.17, 15) is 9.59 Å². The first-order valence-corrected chi connectivity index (χ1v) is 13.3. The lowest BCUT2D eigenvalue weighted by Gasteiger charge is -2.22. The molecular weight excluding hydrogens is 564 g/mol. The van der Waals surface area contributed by atoms with Gasteiger partial charge >= 0.3 is 11.3 Å². The zero-order valence-electron chi connectivity index (χ0n) is 19.5. The standard InChI is InChI=1S/C14H16BrNO2.C12H12BrNO2/c1-3-16(7-6-15)11-4-5-12-10(2)8-14(17)18-13(12)9-11;1-8-6-12(15)16-11-7-9(14-5-4-13)2-3-10(8)11/h4-5,8-9H,3,6-7H2,1-2H3;2-3,6-7,14H,4-5H2,1H3. The van der Waals surface area contributed by atoms with Gasteiger partial charge in [-0.05, 0) is 56.2 Å². The van der Waals surface area contributed by atoms with Gasteiger partial charge in [0.25, 0.3) is 0 Å². The Morgan fingerprint density at radius 3 is 1.97 bits per heavy atom. The number of alkyl halides is 2. The van der Waals surface area contributed by atoms with Gasteiger partial charge < -0.3 is 19.1 Å². The summed E-state index contributed by atoms with van der Waals surface area (Å²) in [7, 11) is 0. The molecule has 0 aliphatic rings. The number of nitrogens with one attached hydrogen (secondary N) is 1. The molecule has 6 nitrogen and oxygen atoms in total. The Labute approximate surface area is 215 Å². The van der Waals surface area contributed by atoms with Gasteiger partial charge in [-0.15, -0.1) is 0 Å². The van der Waals surface area contributed by atoms with Crippen molar-refractivity contribution >= 4 is 65.2 Å². The van der Waals surface area contributed by atoms with Crippen LogP contribution in [-0.2, 0) is 0 Å². The van der Waals surface area contributed by atoms with Gasteiger partial charge in [0.1, 0.15) is 11.2 Å². The van der Waals surface area contributed by atoms with E-state index in [1.165, 1.54) is 12.1 Å². The number of fused-ring (bicyclic) bond motifs is 2. The van der Waals surface area contributed by atoms with E-state index in [1.54, 1.807) is 0 Å². The van der Waals surface area contributed by atoms with Gasteiger partial charge in [-0.3, -0.25) is 0 Å². The fourth-order valence-corrected chi connectivity index (χ4v) is 4.33. The molecule has 0 bridgehead atoms. The van der Waals surface area contributed by atoms with Gasteiger partial charge in [-0.1, -0.05) is 31.9 Å². The largest absolute Gasteiger partial charge is 0.423 e. The lowest BCUT2D eigenvalue weighted by molar-refractivity contribution is 0.559. The predicted octanol–water partition coefficient (Wildman–Crippen LogP) is 6.23. The van der Waals surface area contributed by atoms with E-state index in [2.05, 4.69) is 55.1 Å². The highest BCUT2D eigenvalue weighted by molar-refractivity contribution is 9.09. The van der Waals surface area contributed by atoms with E-state index in [0.717, 1.165) is 63.6 Å². The van der Waals surface area contributed by atoms with Crippen LogP contribution < -0.4 is 21.5 Å². The second-order valence-corrected chi connectivity index (χ2v) is 9.36. The molecule has 0 fully saturated rings. The highest BCUT2D eigenvalue weighted by Gasteiger charge is 2.07. The molecule has 1 N–H and O–H groups in total. The van der Waals surface area contributed by atoms with Gasteiger partial charge in [0.15, 0.2) is 0 Å². The Bertz CT molecular complexity index is 1380. The number of aryl methyl sites for hydroxylation is 2. The minimum Gasteiger partial charge on any atom is -0.423 e. The summed E-state index contributed by atoms with van der Waals surface area (Å²) in [5.41, 5.74) is 4.63. The summed E-state index contributed by atoms with van der Waals surface area (Å²) < 4.78 is 10.4. The molecule has 2 heterocycles. The molecule has 8 heteroatoms. The van der Waals surface area contributed by atoms with Crippen LogP contribution in [0.1, 0.15) is 18.1 Å². The third-order valence-electron chi connectivity index (χ3n) is 5.41. The van der Waals surface area contributed by atoms with Crippen LogP contribution in [-0.4, -0.2) is 30.3 Å². The Kier molecular flexibility index (Phi) is 9.36. The monoisotopic (exact) mass is 590 g/mol. The van der Waals surface area contributed by atoms with Crippen molar-refractivity contribution in [1.29, 1.82) is 0 Å². The Morgan fingerprint density at radius 1 is 0.824 bits per heavy atom. The van der Waals surface area contributed by atoms with E-state index < -0.39 is 0 Å². The number of hydrogen-bond donors (Lipinski definition) is 1. The first-order chi connectivity index (χ1) is 16.4. The molecule has 0 unspecified atom stereocenters. The Hall–Kier alpha value is -2.58. The second-order valence-electron chi connectivity index (χ2n) is 7.77. The van der Waals surface area contributed by atoms with Gasteiger partial charge in [0.2, 0.25) is 0 Å². The first-order valence-electron chi connectivity index (χ1n) is 11.1. The Balaban J connectivity index is 0.000000192. The number of rotatable bonds is 7.